The highest BCUT2D eigenvalue weighted by Crippen LogP contribution is 2.77. The number of ether oxygens (including phenoxy) is 2. The van der Waals surface area contributed by atoms with Crippen molar-refractivity contribution in [2.75, 3.05) is 6.61 Å². The molecule has 0 aromatic carbocycles. The Morgan fingerprint density at radius 2 is 1.67 bits per heavy atom. The molecule has 42 heavy (non-hydrogen) atoms. The normalized spacial score (nSPS) is 45.5. The fraction of sp³-hybridized carbons (Fsp3) is 0.806. The lowest BCUT2D eigenvalue weighted by Gasteiger charge is -2.73. The third-order valence-electron chi connectivity index (χ3n) is 14.7. The molecular formula is C36H54N2O4. The Morgan fingerprint density at radius 1 is 0.905 bits per heavy atom. The van der Waals surface area contributed by atoms with Crippen molar-refractivity contribution in [2.45, 2.75) is 119 Å². The van der Waals surface area contributed by atoms with Gasteiger partial charge >= 0.3 is 12.1 Å². The molecule has 5 fully saturated rings. The summed E-state index contributed by atoms with van der Waals surface area (Å²) in [4.78, 5) is 28.9. The molecule has 1 heterocycles. The zero-order valence-electron chi connectivity index (χ0n) is 27.2. The van der Waals surface area contributed by atoms with Crippen molar-refractivity contribution in [3.63, 3.8) is 0 Å². The van der Waals surface area contributed by atoms with Crippen LogP contribution in [0.2, 0.25) is 0 Å². The summed E-state index contributed by atoms with van der Waals surface area (Å²) < 4.78 is 13.5. The Bertz CT molecular complexity index is 1240. The molecule has 6 rings (SSSR count). The number of rotatable bonds is 4. The average molecular weight is 579 g/mol. The molecule has 5 aliphatic rings. The number of hydrogen-bond acceptors (Lipinski definition) is 5. The van der Waals surface area contributed by atoms with Crippen molar-refractivity contribution in [1.82, 2.24) is 9.55 Å². The van der Waals surface area contributed by atoms with Gasteiger partial charge in [-0.1, -0.05) is 46.8 Å². The first-order valence-corrected chi connectivity index (χ1v) is 16.7. The second-order valence-corrected chi connectivity index (χ2v) is 16.5. The highest BCUT2D eigenvalue weighted by atomic mass is 16.6. The lowest BCUT2D eigenvalue weighted by atomic mass is 9.32. The van der Waals surface area contributed by atoms with E-state index in [1.807, 2.05) is 0 Å². The van der Waals surface area contributed by atoms with E-state index < -0.39 is 0 Å². The minimum Gasteiger partial charge on any atom is -0.465 e. The summed E-state index contributed by atoms with van der Waals surface area (Å²) in [5.74, 6) is 2.72. The second kappa shape index (κ2) is 9.95. The van der Waals surface area contributed by atoms with Crippen LogP contribution in [0, 0.1) is 56.7 Å². The number of aromatic nitrogens is 2. The summed E-state index contributed by atoms with van der Waals surface area (Å²) in [6.45, 7) is 21.5. The molecule has 5 saturated carbocycles. The number of imidazole rings is 1. The summed E-state index contributed by atoms with van der Waals surface area (Å²) >= 11 is 0. The number of carbonyl (C=O) groups is 2. The molecule has 0 N–H and O–H groups in total. The average Bonchev–Trinajstić information content (AvgIpc) is 3.59. The van der Waals surface area contributed by atoms with Gasteiger partial charge in [0.2, 0.25) is 0 Å². The highest BCUT2D eigenvalue weighted by molar-refractivity contribution is 5.70. The first-order chi connectivity index (χ1) is 19.7. The van der Waals surface area contributed by atoms with Crippen LogP contribution in [0.4, 0.5) is 4.79 Å². The first kappa shape index (κ1) is 29.9. The third-order valence-corrected chi connectivity index (χ3v) is 14.7. The number of nitrogens with zero attached hydrogens (tertiary/aromatic N) is 2. The minimum atomic E-state index is -0.314. The summed E-state index contributed by atoms with van der Waals surface area (Å²) in [5, 5.41) is 0. The van der Waals surface area contributed by atoms with Crippen molar-refractivity contribution < 1.29 is 19.1 Å². The van der Waals surface area contributed by atoms with Gasteiger partial charge in [0.05, 0.1) is 6.61 Å². The predicted molar refractivity (Wildman–Crippen MR) is 163 cm³/mol. The van der Waals surface area contributed by atoms with E-state index in [9.17, 15) is 9.59 Å². The summed E-state index contributed by atoms with van der Waals surface area (Å²) in [6.07, 6.45) is 16.1. The molecular weight excluding hydrogens is 524 g/mol. The first-order valence-electron chi connectivity index (χ1n) is 16.7. The van der Waals surface area contributed by atoms with E-state index in [1.54, 1.807) is 19.3 Å². The lowest BCUT2D eigenvalue weighted by Crippen LogP contribution is -2.67. The zero-order valence-corrected chi connectivity index (χ0v) is 27.2. The number of esters is 1. The van der Waals surface area contributed by atoms with Gasteiger partial charge < -0.3 is 9.47 Å². The number of fused-ring (bicyclic) bond motifs is 7. The second-order valence-electron chi connectivity index (χ2n) is 16.5. The standard InChI is InChI=1S/C36H54N2O4/c1-23(2)25-11-16-36(21-41-24(3)39)18-17-34(7)26(30(25)36)9-10-28-33(6)14-13-29(42-31(40)38-20-19-37-22-38)32(4,5)27(33)12-15-35(28,34)8/h19-20,22,25-30H,1,9-18,21H2,2-8H3/t25-,26+,27-,28+,29-,30+,33-,34+,35+,36+/m0/s1. The maximum absolute atomic E-state index is 12.9. The maximum atomic E-state index is 12.9. The smallest absolute Gasteiger partial charge is 0.419 e. The van der Waals surface area contributed by atoms with E-state index in [1.165, 1.54) is 55.0 Å². The fourth-order valence-electron chi connectivity index (χ4n) is 12.5. The predicted octanol–water partition coefficient (Wildman–Crippen LogP) is 8.46. The van der Waals surface area contributed by atoms with E-state index in [4.69, 9.17) is 9.47 Å². The molecule has 0 spiro atoms. The van der Waals surface area contributed by atoms with E-state index in [-0.39, 0.29) is 45.2 Å². The summed E-state index contributed by atoms with van der Waals surface area (Å²) in [6, 6.07) is 0. The van der Waals surface area contributed by atoms with Crippen molar-refractivity contribution >= 4 is 12.1 Å². The molecule has 5 aliphatic carbocycles. The highest BCUT2D eigenvalue weighted by Gasteiger charge is 2.71. The molecule has 0 radical (unpaired) electrons. The van der Waals surface area contributed by atoms with Gasteiger partial charge in [-0.3, -0.25) is 4.79 Å². The summed E-state index contributed by atoms with van der Waals surface area (Å²) in [7, 11) is 0. The summed E-state index contributed by atoms with van der Waals surface area (Å²) in [5.41, 5.74) is 2.06. The lowest BCUT2D eigenvalue weighted by molar-refractivity contribution is -0.249. The topological polar surface area (TPSA) is 70.4 Å². The SMILES string of the molecule is C=C(C)[C@@H]1CC[C@]2(COC(C)=O)CC[C@]3(C)[C@H](CC[C@@H]4[C@@]5(C)CC[C@H](OC(=O)n6ccnc6)C(C)(C)[C@@H]5CC[C@]43C)[C@@H]12. The molecule has 232 valence electrons. The van der Waals surface area contributed by atoms with Crippen LogP contribution in [0.1, 0.15) is 113 Å². The monoisotopic (exact) mass is 578 g/mol. The molecule has 1 aromatic heterocycles. The molecule has 0 bridgehead atoms. The van der Waals surface area contributed by atoms with E-state index in [0.717, 1.165) is 25.7 Å². The minimum absolute atomic E-state index is 0.0897. The van der Waals surface area contributed by atoms with Gasteiger partial charge in [-0.2, -0.15) is 0 Å². The molecule has 0 aliphatic heterocycles. The van der Waals surface area contributed by atoms with E-state index in [2.05, 4.69) is 53.1 Å². The maximum Gasteiger partial charge on any atom is 0.419 e. The van der Waals surface area contributed by atoms with Crippen LogP contribution in [0.15, 0.2) is 30.9 Å². The largest absolute Gasteiger partial charge is 0.465 e. The van der Waals surface area contributed by atoms with Crippen LogP contribution in [0.3, 0.4) is 0 Å². The van der Waals surface area contributed by atoms with Crippen molar-refractivity contribution in [3.05, 3.63) is 30.9 Å². The van der Waals surface area contributed by atoms with Crippen LogP contribution in [0.25, 0.3) is 0 Å². The van der Waals surface area contributed by atoms with Gasteiger partial charge in [0.15, 0.2) is 0 Å². The molecule has 0 amide bonds. The van der Waals surface area contributed by atoms with Crippen LogP contribution >= 0.6 is 0 Å². The van der Waals surface area contributed by atoms with Crippen molar-refractivity contribution in [1.29, 1.82) is 0 Å². The van der Waals surface area contributed by atoms with Crippen molar-refractivity contribution in [3.8, 4) is 0 Å². The fourth-order valence-corrected chi connectivity index (χ4v) is 12.5. The Morgan fingerprint density at radius 3 is 2.33 bits per heavy atom. The van der Waals surface area contributed by atoms with Gasteiger partial charge in [0.1, 0.15) is 12.4 Å². The van der Waals surface area contributed by atoms with Gasteiger partial charge in [-0.05, 0) is 117 Å². The molecule has 10 atom stereocenters. The third kappa shape index (κ3) is 4.12. The zero-order chi connectivity index (χ0) is 30.3. The Hall–Kier alpha value is -2.11. The number of allylic oxidation sites excluding steroid dienone is 1. The van der Waals surface area contributed by atoms with Crippen LogP contribution in [-0.2, 0) is 14.3 Å². The molecule has 6 heteroatoms. The van der Waals surface area contributed by atoms with Crippen molar-refractivity contribution in [2.24, 2.45) is 56.7 Å². The molecule has 6 nitrogen and oxygen atoms in total. The van der Waals surface area contributed by atoms with Crippen LogP contribution < -0.4 is 0 Å². The van der Waals surface area contributed by atoms with Gasteiger partial charge in [-0.15, -0.1) is 0 Å². The quantitative estimate of drug-likeness (QED) is 0.265. The van der Waals surface area contributed by atoms with Gasteiger partial charge in [0, 0.05) is 30.1 Å². The van der Waals surface area contributed by atoms with Gasteiger partial charge in [0.25, 0.3) is 0 Å². The number of carbonyl (C=O) groups excluding carboxylic acids is 2. The van der Waals surface area contributed by atoms with Crippen LogP contribution in [-0.4, -0.2) is 34.3 Å². The van der Waals surface area contributed by atoms with Crippen LogP contribution in [0.5, 0.6) is 0 Å². The number of hydrogen-bond donors (Lipinski definition) is 0. The Kier molecular flexibility index (Phi) is 7.10. The molecule has 0 saturated heterocycles. The Balaban J connectivity index is 1.29. The Labute approximate surface area is 253 Å². The molecule has 0 unspecified atom stereocenters. The molecule has 1 aromatic rings. The van der Waals surface area contributed by atoms with Gasteiger partial charge in [-0.25, -0.2) is 14.3 Å². The van der Waals surface area contributed by atoms with E-state index in [0.29, 0.717) is 36.2 Å². The van der Waals surface area contributed by atoms with E-state index >= 15 is 0 Å².